The molecule has 0 radical (unpaired) electrons. The molecule has 3 nitrogen and oxygen atoms in total. The fourth-order valence-corrected chi connectivity index (χ4v) is 1.78. The van der Waals surface area contributed by atoms with Crippen LogP contribution in [0.5, 0.6) is 0 Å². The second-order valence-electron chi connectivity index (χ2n) is 3.77. The van der Waals surface area contributed by atoms with Gasteiger partial charge in [-0.25, -0.2) is 0 Å². The van der Waals surface area contributed by atoms with Crippen molar-refractivity contribution in [3.8, 4) is 6.07 Å². The average molecular weight is 246 g/mol. The number of nitriles is 1. The third-order valence-electron chi connectivity index (χ3n) is 2.61. The third kappa shape index (κ3) is 2.61. The van der Waals surface area contributed by atoms with Crippen LogP contribution >= 0.6 is 11.6 Å². The van der Waals surface area contributed by atoms with Crippen molar-refractivity contribution in [1.29, 1.82) is 5.26 Å². The van der Waals surface area contributed by atoms with Crippen LogP contribution in [0.4, 0.5) is 5.69 Å². The van der Waals surface area contributed by atoms with Gasteiger partial charge in [0.25, 0.3) is 0 Å². The molecule has 0 saturated heterocycles. The van der Waals surface area contributed by atoms with Gasteiger partial charge in [-0.15, -0.1) is 0 Å². The summed E-state index contributed by atoms with van der Waals surface area (Å²) in [6, 6.07) is 11.3. The van der Waals surface area contributed by atoms with E-state index in [-0.39, 0.29) is 0 Å². The van der Waals surface area contributed by atoms with Gasteiger partial charge in [-0.1, -0.05) is 11.6 Å². The van der Waals surface area contributed by atoms with Crippen molar-refractivity contribution >= 4 is 17.3 Å². The fourth-order valence-electron chi connectivity index (χ4n) is 1.60. The van der Waals surface area contributed by atoms with Gasteiger partial charge in [-0.05, 0) is 30.3 Å². The number of aromatic nitrogens is 1. The summed E-state index contributed by atoms with van der Waals surface area (Å²) in [5.41, 5.74) is 2.54. The van der Waals surface area contributed by atoms with Gasteiger partial charge in [0.1, 0.15) is 0 Å². The molecule has 1 heterocycles. The summed E-state index contributed by atoms with van der Waals surface area (Å²) >= 11 is 6.05. The predicted molar refractivity (Wildman–Crippen MR) is 68.9 cm³/mol. The van der Waals surface area contributed by atoms with Crippen LogP contribution in [-0.2, 0) is 13.6 Å². The SMILES string of the molecule is Cn1cccc1CNc1cc(C#N)ccc1Cl. The van der Waals surface area contributed by atoms with Gasteiger partial charge in [0.15, 0.2) is 0 Å². The van der Waals surface area contributed by atoms with Gasteiger partial charge in [0, 0.05) is 18.9 Å². The van der Waals surface area contributed by atoms with Gasteiger partial charge in [-0.2, -0.15) is 5.26 Å². The van der Waals surface area contributed by atoms with Crippen molar-refractivity contribution in [2.75, 3.05) is 5.32 Å². The molecule has 2 aromatic rings. The summed E-state index contributed by atoms with van der Waals surface area (Å²) in [4.78, 5) is 0. The van der Waals surface area contributed by atoms with Gasteiger partial charge in [-0.3, -0.25) is 0 Å². The number of hydrogen-bond donors (Lipinski definition) is 1. The standard InChI is InChI=1S/C13H12ClN3/c1-17-6-2-3-11(17)9-16-13-7-10(8-15)4-5-12(13)14/h2-7,16H,9H2,1H3. The summed E-state index contributed by atoms with van der Waals surface area (Å²) < 4.78 is 2.04. The lowest BCUT2D eigenvalue weighted by atomic mass is 10.2. The number of nitrogens with zero attached hydrogens (tertiary/aromatic N) is 2. The molecular formula is C13H12ClN3. The monoisotopic (exact) mass is 245 g/mol. The van der Waals surface area contributed by atoms with E-state index in [1.165, 1.54) is 0 Å². The third-order valence-corrected chi connectivity index (χ3v) is 2.94. The number of benzene rings is 1. The number of anilines is 1. The highest BCUT2D eigenvalue weighted by Gasteiger charge is 2.03. The summed E-state index contributed by atoms with van der Waals surface area (Å²) in [6.45, 7) is 0.679. The molecule has 4 heteroatoms. The molecule has 0 atom stereocenters. The molecule has 0 spiro atoms. The van der Waals surface area contributed by atoms with Crippen LogP contribution in [0.2, 0.25) is 5.02 Å². The van der Waals surface area contributed by atoms with Crippen LogP contribution in [0.15, 0.2) is 36.5 Å². The minimum Gasteiger partial charge on any atom is -0.378 e. The highest BCUT2D eigenvalue weighted by Crippen LogP contribution is 2.23. The number of aryl methyl sites for hydroxylation is 1. The minimum absolute atomic E-state index is 0.601. The molecule has 2 rings (SSSR count). The Labute approximate surface area is 105 Å². The van der Waals surface area contributed by atoms with Crippen LogP contribution in [-0.4, -0.2) is 4.57 Å². The molecule has 0 aliphatic rings. The Hall–Kier alpha value is -1.92. The normalized spacial score (nSPS) is 9.94. The van der Waals surface area contributed by atoms with E-state index >= 15 is 0 Å². The zero-order valence-electron chi connectivity index (χ0n) is 9.44. The van der Waals surface area contributed by atoms with E-state index in [2.05, 4.69) is 11.4 Å². The van der Waals surface area contributed by atoms with Crippen LogP contribution in [0.1, 0.15) is 11.3 Å². The van der Waals surface area contributed by atoms with Crippen molar-refractivity contribution in [2.45, 2.75) is 6.54 Å². The van der Waals surface area contributed by atoms with Crippen molar-refractivity contribution < 1.29 is 0 Å². The maximum absolute atomic E-state index is 8.82. The lowest BCUT2D eigenvalue weighted by molar-refractivity contribution is 0.842. The Balaban J connectivity index is 2.14. The summed E-state index contributed by atoms with van der Waals surface area (Å²) in [6.07, 6.45) is 1.99. The first-order valence-corrected chi connectivity index (χ1v) is 5.62. The molecule has 0 saturated carbocycles. The number of hydrogen-bond acceptors (Lipinski definition) is 2. The molecule has 0 unspecified atom stereocenters. The van der Waals surface area contributed by atoms with E-state index < -0.39 is 0 Å². The van der Waals surface area contributed by atoms with E-state index in [1.54, 1.807) is 18.2 Å². The maximum atomic E-state index is 8.82. The zero-order valence-corrected chi connectivity index (χ0v) is 10.2. The molecule has 1 aromatic carbocycles. The molecule has 1 N–H and O–H groups in total. The first kappa shape index (κ1) is 11.6. The minimum atomic E-state index is 0.601. The number of halogens is 1. The lowest BCUT2D eigenvalue weighted by Gasteiger charge is -2.09. The smallest absolute Gasteiger partial charge is 0.0992 e. The van der Waals surface area contributed by atoms with E-state index in [0.29, 0.717) is 17.1 Å². The Morgan fingerprint density at radius 3 is 2.88 bits per heavy atom. The van der Waals surface area contributed by atoms with E-state index in [9.17, 15) is 0 Å². The molecule has 0 amide bonds. The molecule has 86 valence electrons. The maximum Gasteiger partial charge on any atom is 0.0992 e. The Morgan fingerprint density at radius 2 is 2.24 bits per heavy atom. The molecule has 0 bridgehead atoms. The molecule has 17 heavy (non-hydrogen) atoms. The average Bonchev–Trinajstić information content (AvgIpc) is 2.74. The topological polar surface area (TPSA) is 40.8 Å². The van der Waals surface area contributed by atoms with Crippen LogP contribution in [0.3, 0.4) is 0 Å². The van der Waals surface area contributed by atoms with Crippen molar-refractivity contribution in [3.05, 3.63) is 52.8 Å². The first-order chi connectivity index (χ1) is 8.20. The Kier molecular flexibility index (Phi) is 3.36. The summed E-state index contributed by atoms with van der Waals surface area (Å²) in [5.74, 6) is 0. The van der Waals surface area contributed by atoms with Crippen molar-refractivity contribution in [1.82, 2.24) is 4.57 Å². The van der Waals surface area contributed by atoms with Gasteiger partial charge in [0.05, 0.1) is 28.9 Å². The van der Waals surface area contributed by atoms with E-state index in [1.807, 2.05) is 29.9 Å². The Bertz CT molecular complexity index is 566. The van der Waals surface area contributed by atoms with Crippen LogP contribution in [0, 0.1) is 11.3 Å². The van der Waals surface area contributed by atoms with Crippen molar-refractivity contribution in [2.24, 2.45) is 7.05 Å². The summed E-state index contributed by atoms with van der Waals surface area (Å²) in [7, 11) is 1.99. The predicted octanol–water partition coefficient (Wildman–Crippen LogP) is 3.16. The molecule has 0 fully saturated rings. The zero-order chi connectivity index (χ0) is 12.3. The largest absolute Gasteiger partial charge is 0.378 e. The Morgan fingerprint density at radius 1 is 1.41 bits per heavy atom. The number of nitrogens with one attached hydrogen (secondary N) is 1. The fraction of sp³-hybridized carbons (Fsp3) is 0.154. The van der Waals surface area contributed by atoms with Gasteiger partial charge in [0.2, 0.25) is 0 Å². The van der Waals surface area contributed by atoms with E-state index in [0.717, 1.165) is 11.4 Å². The first-order valence-electron chi connectivity index (χ1n) is 5.24. The van der Waals surface area contributed by atoms with Gasteiger partial charge >= 0.3 is 0 Å². The van der Waals surface area contributed by atoms with Crippen LogP contribution < -0.4 is 5.32 Å². The highest BCUT2D eigenvalue weighted by atomic mass is 35.5. The van der Waals surface area contributed by atoms with Crippen LogP contribution in [0.25, 0.3) is 0 Å². The van der Waals surface area contributed by atoms with E-state index in [4.69, 9.17) is 16.9 Å². The second-order valence-corrected chi connectivity index (χ2v) is 4.18. The van der Waals surface area contributed by atoms with Gasteiger partial charge < -0.3 is 9.88 Å². The van der Waals surface area contributed by atoms with Crippen molar-refractivity contribution in [3.63, 3.8) is 0 Å². The number of rotatable bonds is 3. The lowest BCUT2D eigenvalue weighted by Crippen LogP contribution is -2.04. The summed E-state index contributed by atoms with van der Waals surface area (Å²) in [5, 5.41) is 12.7. The highest BCUT2D eigenvalue weighted by molar-refractivity contribution is 6.33. The quantitative estimate of drug-likeness (QED) is 0.902. The molecular weight excluding hydrogens is 234 g/mol. The molecule has 0 aliphatic heterocycles. The second kappa shape index (κ2) is 4.94. The molecule has 1 aromatic heterocycles. The molecule has 0 aliphatic carbocycles.